The average molecular weight is 336 g/mol. The average Bonchev–Trinajstić information content (AvgIpc) is 3.29. The summed E-state index contributed by atoms with van der Waals surface area (Å²) in [5.74, 6) is 0.373. The van der Waals surface area contributed by atoms with Crippen molar-refractivity contribution in [3.05, 3.63) is 0 Å². The largest absolute Gasteiger partial charge is 0.480 e. The second kappa shape index (κ2) is 7.42. The van der Waals surface area contributed by atoms with E-state index in [1.807, 2.05) is 4.90 Å². The van der Waals surface area contributed by atoms with E-state index in [1.54, 1.807) is 0 Å². The van der Waals surface area contributed by atoms with Crippen LogP contribution >= 0.6 is 0 Å². The molecule has 0 aromatic rings. The SMILES string of the molecule is CN(CC1CC1)C[C@H]1CCN(C(=O)C2(C(=O)O)CCCCCC2)C1. The summed E-state index contributed by atoms with van der Waals surface area (Å²) >= 11 is 0. The molecule has 1 N–H and O–H groups in total. The Kier molecular flexibility index (Phi) is 5.48. The molecule has 0 aromatic heterocycles. The van der Waals surface area contributed by atoms with E-state index < -0.39 is 11.4 Å². The number of likely N-dealkylation sites (tertiary alicyclic amines) is 1. The molecule has 5 heteroatoms. The normalized spacial score (nSPS) is 27.2. The summed E-state index contributed by atoms with van der Waals surface area (Å²) in [6.45, 7) is 3.67. The van der Waals surface area contributed by atoms with Gasteiger partial charge in [-0.15, -0.1) is 0 Å². The number of amides is 1. The standard InChI is InChI=1S/C19H32N2O3/c1-20(12-15-6-7-15)13-16-8-11-21(14-16)17(22)19(18(23)24)9-4-2-3-5-10-19/h15-16H,2-14H2,1H3,(H,23,24)/t16-/m1/s1. The number of carboxylic acids is 1. The molecule has 0 radical (unpaired) electrons. The van der Waals surface area contributed by atoms with Gasteiger partial charge in [0.25, 0.3) is 0 Å². The predicted molar refractivity (Wildman–Crippen MR) is 92.7 cm³/mol. The Hall–Kier alpha value is -1.10. The molecule has 1 heterocycles. The number of hydrogen-bond donors (Lipinski definition) is 1. The number of hydrogen-bond acceptors (Lipinski definition) is 3. The number of carboxylic acid groups (broad SMARTS) is 1. The predicted octanol–water partition coefficient (Wildman–Crippen LogP) is 2.60. The Balaban J connectivity index is 1.58. The van der Waals surface area contributed by atoms with Crippen molar-refractivity contribution in [2.45, 2.75) is 57.8 Å². The fraction of sp³-hybridized carbons (Fsp3) is 0.895. The van der Waals surface area contributed by atoms with Gasteiger partial charge >= 0.3 is 5.97 Å². The lowest BCUT2D eigenvalue weighted by Crippen LogP contribution is -2.48. The van der Waals surface area contributed by atoms with E-state index in [4.69, 9.17) is 0 Å². The molecule has 1 saturated heterocycles. The smallest absolute Gasteiger partial charge is 0.319 e. The van der Waals surface area contributed by atoms with E-state index in [2.05, 4.69) is 11.9 Å². The number of nitrogens with zero attached hydrogens (tertiary/aromatic N) is 2. The lowest BCUT2D eigenvalue weighted by molar-refractivity contribution is -0.161. The lowest BCUT2D eigenvalue weighted by Gasteiger charge is -2.31. The second-order valence-electron chi connectivity index (χ2n) is 8.37. The van der Waals surface area contributed by atoms with E-state index in [1.165, 1.54) is 19.4 Å². The monoisotopic (exact) mass is 336 g/mol. The highest BCUT2D eigenvalue weighted by atomic mass is 16.4. The first kappa shape index (κ1) is 17.7. The summed E-state index contributed by atoms with van der Waals surface area (Å²) in [5, 5.41) is 9.81. The maximum absolute atomic E-state index is 13.1. The molecule has 136 valence electrons. The molecular weight excluding hydrogens is 304 g/mol. The maximum atomic E-state index is 13.1. The van der Waals surface area contributed by atoms with E-state index in [0.717, 1.165) is 57.7 Å². The van der Waals surface area contributed by atoms with E-state index in [9.17, 15) is 14.7 Å². The topological polar surface area (TPSA) is 60.9 Å². The number of carbonyl (C=O) groups is 2. The van der Waals surface area contributed by atoms with Crippen LogP contribution in [0.4, 0.5) is 0 Å². The van der Waals surface area contributed by atoms with Crippen LogP contribution in [0.1, 0.15) is 57.8 Å². The third-order valence-corrected chi connectivity index (χ3v) is 6.19. The van der Waals surface area contributed by atoms with Crippen LogP contribution in [0, 0.1) is 17.3 Å². The van der Waals surface area contributed by atoms with Crippen LogP contribution in [0.25, 0.3) is 0 Å². The van der Waals surface area contributed by atoms with Gasteiger partial charge < -0.3 is 14.9 Å². The Morgan fingerprint density at radius 2 is 1.67 bits per heavy atom. The first-order chi connectivity index (χ1) is 11.5. The Labute approximate surface area is 145 Å². The molecule has 3 fully saturated rings. The fourth-order valence-electron chi connectivity index (χ4n) is 4.58. The van der Waals surface area contributed by atoms with Gasteiger partial charge in [0.15, 0.2) is 0 Å². The Morgan fingerprint density at radius 1 is 1.04 bits per heavy atom. The first-order valence-corrected chi connectivity index (χ1v) is 9.72. The van der Waals surface area contributed by atoms with Gasteiger partial charge in [-0.2, -0.15) is 0 Å². The summed E-state index contributed by atoms with van der Waals surface area (Å²) < 4.78 is 0. The zero-order valence-electron chi connectivity index (χ0n) is 15.0. The molecule has 2 saturated carbocycles. The van der Waals surface area contributed by atoms with Crippen LogP contribution in [0.2, 0.25) is 0 Å². The van der Waals surface area contributed by atoms with Gasteiger partial charge in [0.1, 0.15) is 5.41 Å². The highest BCUT2D eigenvalue weighted by Gasteiger charge is 2.49. The third kappa shape index (κ3) is 3.93. The zero-order valence-corrected chi connectivity index (χ0v) is 15.0. The second-order valence-corrected chi connectivity index (χ2v) is 8.37. The van der Waals surface area contributed by atoms with Gasteiger partial charge in [-0.25, -0.2) is 0 Å². The molecule has 0 spiro atoms. The molecule has 1 aliphatic heterocycles. The molecular formula is C19H32N2O3. The van der Waals surface area contributed by atoms with Crippen LogP contribution in [0.15, 0.2) is 0 Å². The Bertz CT molecular complexity index is 467. The van der Waals surface area contributed by atoms with Crippen molar-refractivity contribution in [1.29, 1.82) is 0 Å². The molecule has 3 rings (SSSR count). The number of aliphatic carboxylic acids is 1. The minimum Gasteiger partial charge on any atom is -0.480 e. The molecule has 2 aliphatic carbocycles. The molecule has 24 heavy (non-hydrogen) atoms. The van der Waals surface area contributed by atoms with E-state index in [0.29, 0.717) is 18.8 Å². The zero-order chi connectivity index (χ0) is 17.2. The van der Waals surface area contributed by atoms with Crippen LogP contribution < -0.4 is 0 Å². The van der Waals surface area contributed by atoms with Crippen LogP contribution in [0.3, 0.4) is 0 Å². The lowest BCUT2D eigenvalue weighted by atomic mass is 9.79. The summed E-state index contributed by atoms with van der Waals surface area (Å²) in [7, 11) is 2.17. The van der Waals surface area contributed by atoms with Gasteiger partial charge in [-0.3, -0.25) is 9.59 Å². The van der Waals surface area contributed by atoms with Crippen molar-refractivity contribution in [3.63, 3.8) is 0 Å². The molecule has 0 bridgehead atoms. The van der Waals surface area contributed by atoms with Crippen molar-refractivity contribution in [2.75, 3.05) is 33.2 Å². The van der Waals surface area contributed by atoms with Crippen molar-refractivity contribution in [3.8, 4) is 0 Å². The van der Waals surface area contributed by atoms with Crippen molar-refractivity contribution >= 4 is 11.9 Å². The van der Waals surface area contributed by atoms with E-state index >= 15 is 0 Å². The fourth-order valence-corrected chi connectivity index (χ4v) is 4.58. The van der Waals surface area contributed by atoms with Crippen LogP contribution in [-0.4, -0.2) is 60.0 Å². The summed E-state index contributed by atoms with van der Waals surface area (Å²) in [6, 6.07) is 0. The van der Waals surface area contributed by atoms with Gasteiger partial charge in [0, 0.05) is 26.2 Å². The van der Waals surface area contributed by atoms with E-state index in [-0.39, 0.29) is 5.91 Å². The molecule has 1 amide bonds. The highest BCUT2D eigenvalue weighted by Crippen LogP contribution is 2.38. The molecule has 5 nitrogen and oxygen atoms in total. The molecule has 0 aromatic carbocycles. The molecule has 3 aliphatic rings. The summed E-state index contributed by atoms with van der Waals surface area (Å²) in [4.78, 5) is 29.3. The Morgan fingerprint density at radius 3 is 2.25 bits per heavy atom. The number of carbonyl (C=O) groups excluding carboxylic acids is 1. The molecule has 1 atom stereocenters. The van der Waals surface area contributed by atoms with Gasteiger partial charge in [0.05, 0.1) is 0 Å². The van der Waals surface area contributed by atoms with Gasteiger partial charge in [0.2, 0.25) is 5.91 Å². The van der Waals surface area contributed by atoms with Crippen LogP contribution in [-0.2, 0) is 9.59 Å². The summed E-state index contributed by atoms with van der Waals surface area (Å²) in [6.07, 6.45) is 8.60. The molecule has 0 unspecified atom stereocenters. The highest BCUT2D eigenvalue weighted by molar-refractivity contribution is 6.02. The van der Waals surface area contributed by atoms with Gasteiger partial charge in [-0.05, 0) is 51.0 Å². The first-order valence-electron chi connectivity index (χ1n) is 9.72. The van der Waals surface area contributed by atoms with Crippen LogP contribution in [0.5, 0.6) is 0 Å². The summed E-state index contributed by atoms with van der Waals surface area (Å²) in [5.41, 5.74) is -1.15. The van der Waals surface area contributed by atoms with Gasteiger partial charge in [-0.1, -0.05) is 25.7 Å². The van der Waals surface area contributed by atoms with Crippen molar-refractivity contribution in [1.82, 2.24) is 9.80 Å². The maximum Gasteiger partial charge on any atom is 0.319 e. The third-order valence-electron chi connectivity index (χ3n) is 6.19. The number of rotatable bonds is 6. The minimum absolute atomic E-state index is 0.107. The quantitative estimate of drug-likeness (QED) is 0.598. The van der Waals surface area contributed by atoms with Crippen molar-refractivity contribution in [2.24, 2.45) is 17.3 Å². The minimum atomic E-state index is -1.15. The van der Waals surface area contributed by atoms with Crippen molar-refractivity contribution < 1.29 is 14.7 Å².